The van der Waals surface area contributed by atoms with E-state index < -0.39 is 0 Å². The molecule has 0 nitrogen and oxygen atoms in total. The lowest BCUT2D eigenvalue weighted by Gasteiger charge is -2.02. The quantitative estimate of drug-likeness (QED) is 0.464. The maximum atomic E-state index is 2.26. The molecule has 0 unspecified atom stereocenters. The predicted molar refractivity (Wildman–Crippen MR) is 37.3 cm³/mol. The van der Waals surface area contributed by atoms with E-state index in [4.69, 9.17) is 0 Å². The van der Waals surface area contributed by atoms with Crippen molar-refractivity contribution in [3.8, 4) is 0 Å². The molecule has 0 aromatic heterocycles. The molecule has 0 amide bonds. The van der Waals surface area contributed by atoms with Crippen LogP contribution >= 0.6 is 0 Å². The first-order valence-electron chi connectivity index (χ1n) is 3.13. The van der Waals surface area contributed by atoms with Crippen molar-refractivity contribution in [2.45, 2.75) is 39.3 Å². The fourth-order valence-electron chi connectivity index (χ4n) is 0.943. The van der Waals surface area contributed by atoms with Crippen LogP contribution in [0.4, 0.5) is 0 Å². The van der Waals surface area contributed by atoms with Gasteiger partial charge in [-0.25, -0.2) is 0 Å². The molecule has 0 aromatic rings. The van der Waals surface area contributed by atoms with Crippen molar-refractivity contribution in [3.05, 3.63) is 0 Å². The first-order valence-corrected chi connectivity index (χ1v) is 3.13. The van der Waals surface area contributed by atoms with Gasteiger partial charge in [-0.05, 0) is 0 Å². The molecule has 0 radical (unpaired) electrons. The highest BCUT2D eigenvalue weighted by molar-refractivity contribution is 6.38. The first kappa shape index (κ1) is 7.06. The van der Waals surface area contributed by atoms with E-state index in [2.05, 4.69) is 27.7 Å². The van der Waals surface area contributed by atoms with Crippen LogP contribution in [0, 0.1) is 0 Å². The Morgan fingerprint density at radius 2 is 1.14 bits per heavy atom. The number of hydrogen-bond donors (Lipinski definition) is 0. The summed E-state index contributed by atoms with van der Waals surface area (Å²) >= 11 is 0. The van der Waals surface area contributed by atoms with Crippen LogP contribution in [0.5, 0.6) is 0 Å². The van der Waals surface area contributed by atoms with E-state index in [1.54, 1.807) is 0 Å². The van der Waals surface area contributed by atoms with E-state index in [0.29, 0.717) is 0 Å². The molecule has 7 heavy (non-hydrogen) atoms. The maximum Gasteiger partial charge on any atom is 0.126 e. The largest absolute Gasteiger partial charge is 0.126 e. The molecule has 1 heteroatoms. The van der Waals surface area contributed by atoms with Crippen molar-refractivity contribution >= 4 is 7.28 Å². The zero-order valence-corrected chi connectivity index (χ0v) is 5.86. The molecule has 0 N–H and O–H groups in total. The van der Waals surface area contributed by atoms with Crippen LogP contribution in [-0.4, -0.2) is 7.28 Å². The van der Waals surface area contributed by atoms with E-state index in [1.807, 2.05) is 0 Å². The standard InChI is InChI=1S/C6H15B/c1-5(2)7-6(3)4/h5-7H,1-4H3. The third kappa shape index (κ3) is 6.06. The summed E-state index contributed by atoms with van der Waals surface area (Å²) in [5, 5.41) is 0. The molecular weight excluding hydrogens is 82.9 g/mol. The van der Waals surface area contributed by atoms with Gasteiger partial charge in [-0.15, -0.1) is 0 Å². The fraction of sp³-hybridized carbons (Fsp3) is 1.00. The predicted octanol–water partition coefficient (Wildman–Crippen LogP) is 2.08. The molecule has 0 saturated carbocycles. The van der Waals surface area contributed by atoms with Crippen molar-refractivity contribution in [1.82, 2.24) is 0 Å². The van der Waals surface area contributed by atoms with Gasteiger partial charge >= 0.3 is 0 Å². The summed E-state index contributed by atoms with van der Waals surface area (Å²) in [6.07, 6.45) is 0. The molecule has 0 spiro atoms. The Morgan fingerprint density at radius 1 is 0.857 bits per heavy atom. The highest BCUT2D eigenvalue weighted by Gasteiger charge is 1.98. The maximum absolute atomic E-state index is 2.26. The molecule has 0 atom stereocenters. The minimum atomic E-state index is 0.875. The molecule has 0 bridgehead atoms. The molecule has 0 fully saturated rings. The van der Waals surface area contributed by atoms with Crippen LogP contribution in [0.2, 0.25) is 11.6 Å². The third-order valence-corrected chi connectivity index (χ3v) is 0.943. The van der Waals surface area contributed by atoms with Gasteiger partial charge in [0.25, 0.3) is 0 Å². The van der Waals surface area contributed by atoms with Crippen molar-refractivity contribution in [2.24, 2.45) is 0 Å². The summed E-state index contributed by atoms with van der Waals surface area (Å²) < 4.78 is 0. The summed E-state index contributed by atoms with van der Waals surface area (Å²) in [5.74, 6) is 1.75. The Morgan fingerprint density at radius 3 is 1.14 bits per heavy atom. The van der Waals surface area contributed by atoms with E-state index >= 15 is 0 Å². The highest BCUT2D eigenvalue weighted by Crippen LogP contribution is 2.07. The number of hydrogen-bond acceptors (Lipinski definition) is 0. The SMILES string of the molecule is CC(C)BC(C)C. The van der Waals surface area contributed by atoms with E-state index in [-0.39, 0.29) is 0 Å². The van der Waals surface area contributed by atoms with Gasteiger partial charge in [0.15, 0.2) is 0 Å². The molecule has 0 aliphatic heterocycles. The van der Waals surface area contributed by atoms with Crippen molar-refractivity contribution in [2.75, 3.05) is 0 Å². The molecule has 0 saturated heterocycles. The molecule has 0 heterocycles. The van der Waals surface area contributed by atoms with Crippen LogP contribution in [0.25, 0.3) is 0 Å². The van der Waals surface area contributed by atoms with Crippen LogP contribution in [0.15, 0.2) is 0 Å². The van der Waals surface area contributed by atoms with Gasteiger partial charge < -0.3 is 0 Å². The summed E-state index contributed by atoms with van der Waals surface area (Å²) in [4.78, 5) is 0. The van der Waals surface area contributed by atoms with Gasteiger partial charge in [-0.2, -0.15) is 0 Å². The lowest BCUT2D eigenvalue weighted by atomic mass is 9.58. The Kier molecular flexibility index (Phi) is 3.15. The Hall–Kier alpha value is 0.0649. The van der Waals surface area contributed by atoms with Crippen LogP contribution < -0.4 is 0 Å². The van der Waals surface area contributed by atoms with Gasteiger partial charge in [0.2, 0.25) is 0 Å². The fourth-order valence-corrected chi connectivity index (χ4v) is 0.943. The first-order chi connectivity index (χ1) is 3.13. The van der Waals surface area contributed by atoms with Crippen molar-refractivity contribution in [1.29, 1.82) is 0 Å². The third-order valence-electron chi connectivity index (χ3n) is 0.943. The highest BCUT2D eigenvalue weighted by atomic mass is 13.8. The Labute approximate surface area is 47.6 Å². The Balaban J connectivity index is 2.95. The van der Waals surface area contributed by atoms with Gasteiger partial charge in [-0.1, -0.05) is 39.3 Å². The van der Waals surface area contributed by atoms with Crippen LogP contribution in [0.1, 0.15) is 27.7 Å². The minimum Gasteiger partial charge on any atom is -0.0710 e. The molecule has 0 aromatic carbocycles. The van der Waals surface area contributed by atoms with Gasteiger partial charge in [-0.3, -0.25) is 0 Å². The molecule has 0 aliphatic carbocycles. The molecular formula is C6H15B. The van der Waals surface area contributed by atoms with Crippen LogP contribution in [-0.2, 0) is 0 Å². The average molecular weight is 98.0 g/mol. The topological polar surface area (TPSA) is 0 Å². The zero-order chi connectivity index (χ0) is 5.86. The second-order valence-corrected chi connectivity index (χ2v) is 3.02. The minimum absolute atomic E-state index is 0.875. The Bertz CT molecular complexity index is 33.4. The number of rotatable bonds is 2. The molecule has 42 valence electrons. The van der Waals surface area contributed by atoms with Gasteiger partial charge in [0.05, 0.1) is 0 Å². The monoisotopic (exact) mass is 98.1 g/mol. The normalized spacial score (nSPS) is 10.6. The van der Waals surface area contributed by atoms with Crippen molar-refractivity contribution in [3.63, 3.8) is 0 Å². The summed E-state index contributed by atoms with van der Waals surface area (Å²) in [6.45, 7) is 9.06. The van der Waals surface area contributed by atoms with E-state index in [1.165, 1.54) is 7.28 Å². The van der Waals surface area contributed by atoms with Gasteiger partial charge in [0.1, 0.15) is 7.28 Å². The lowest BCUT2D eigenvalue weighted by molar-refractivity contribution is 0.971. The summed E-state index contributed by atoms with van der Waals surface area (Å²) in [6, 6.07) is 0. The van der Waals surface area contributed by atoms with Crippen molar-refractivity contribution < 1.29 is 0 Å². The molecule has 0 aliphatic rings. The van der Waals surface area contributed by atoms with Gasteiger partial charge in [0, 0.05) is 0 Å². The van der Waals surface area contributed by atoms with E-state index in [0.717, 1.165) is 11.6 Å². The lowest BCUT2D eigenvalue weighted by Crippen LogP contribution is -1.98. The average Bonchev–Trinajstić information content (AvgIpc) is 1.27. The molecule has 0 rings (SSSR count). The zero-order valence-electron chi connectivity index (χ0n) is 5.86. The summed E-state index contributed by atoms with van der Waals surface area (Å²) in [7, 11) is 1.36. The summed E-state index contributed by atoms with van der Waals surface area (Å²) in [5.41, 5.74) is 0. The second-order valence-electron chi connectivity index (χ2n) is 3.02. The second kappa shape index (κ2) is 3.12. The smallest absolute Gasteiger partial charge is 0.0710 e. The van der Waals surface area contributed by atoms with Crippen LogP contribution in [0.3, 0.4) is 0 Å². The van der Waals surface area contributed by atoms with E-state index in [9.17, 15) is 0 Å².